The molecule has 3 aliphatic rings. The molecule has 134 valence electrons. The molecule has 0 atom stereocenters. The van der Waals surface area contributed by atoms with Crippen LogP contribution < -0.4 is 5.32 Å². The topological polar surface area (TPSA) is 83.6 Å². The van der Waals surface area contributed by atoms with Gasteiger partial charge in [-0.1, -0.05) is 18.9 Å². The first-order chi connectivity index (χ1) is 11.9. The molecule has 1 aliphatic heterocycles. The number of amides is 2. The van der Waals surface area contributed by atoms with Crippen molar-refractivity contribution in [3.05, 3.63) is 35.4 Å². The van der Waals surface area contributed by atoms with Crippen molar-refractivity contribution in [2.75, 3.05) is 12.3 Å². The second kappa shape index (κ2) is 5.83. The van der Waals surface area contributed by atoms with E-state index in [4.69, 9.17) is 0 Å². The van der Waals surface area contributed by atoms with Crippen LogP contribution in [-0.2, 0) is 10.0 Å². The maximum Gasteiger partial charge on any atom is 0.267 e. The second-order valence-electron chi connectivity index (χ2n) is 7.60. The van der Waals surface area contributed by atoms with Crippen LogP contribution in [-0.4, -0.2) is 42.9 Å². The molecule has 2 amide bonds. The largest absolute Gasteiger partial charge is 0.349 e. The number of carbonyl (C=O) groups excluding carboxylic acids is 2. The molecule has 0 radical (unpaired) electrons. The fourth-order valence-corrected chi connectivity index (χ4v) is 6.11. The Kier molecular flexibility index (Phi) is 3.86. The maximum atomic E-state index is 12.8. The lowest BCUT2D eigenvalue weighted by molar-refractivity contribution is 0.0843. The molecular formula is C18H22N2O4S. The minimum atomic E-state index is -3.59. The highest BCUT2D eigenvalue weighted by Gasteiger charge is 2.50. The molecule has 1 spiro atoms. The van der Waals surface area contributed by atoms with Gasteiger partial charge < -0.3 is 5.32 Å². The van der Waals surface area contributed by atoms with Crippen LogP contribution in [0.25, 0.3) is 0 Å². The minimum absolute atomic E-state index is 0.0631. The first-order valence-corrected chi connectivity index (χ1v) is 10.5. The molecule has 0 unspecified atom stereocenters. The summed E-state index contributed by atoms with van der Waals surface area (Å²) in [6.07, 6.45) is 5.74. The molecule has 1 N–H and O–H groups in total. The van der Waals surface area contributed by atoms with Crippen molar-refractivity contribution in [3.8, 4) is 0 Å². The Morgan fingerprint density at radius 2 is 1.80 bits per heavy atom. The van der Waals surface area contributed by atoms with E-state index in [1.165, 1.54) is 6.07 Å². The van der Waals surface area contributed by atoms with Crippen LogP contribution in [0.1, 0.15) is 59.2 Å². The zero-order valence-electron chi connectivity index (χ0n) is 14.0. The molecule has 1 saturated heterocycles. The molecular weight excluding hydrogens is 340 g/mol. The number of nitrogens with zero attached hydrogens (tertiary/aromatic N) is 1. The van der Waals surface area contributed by atoms with Crippen LogP contribution in [0.5, 0.6) is 0 Å². The third kappa shape index (κ3) is 3.17. The lowest BCUT2D eigenvalue weighted by Crippen LogP contribution is -2.34. The van der Waals surface area contributed by atoms with Crippen LogP contribution in [0.3, 0.4) is 0 Å². The van der Waals surface area contributed by atoms with Gasteiger partial charge in [-0.05, 0) is 43.9 Å². The van der Waals surface area contributed by atoms with Crippen molar-refractivity contribution >= 4 is 21.8 Å². The number of rotatable bonds is 3. The molecule has 0 aromatic heterocycles. The fourth-order valence-electron chi connectivity index (χ4n) is 3.97. The van der Waals surface area contributed by atoms with E-state index in [2.05, 4.69) is 5.32 Å². The van der Waals surface area contributed by atoms with E-state index >= 15 is 0 Å². The summed E-state index contributed by atoms with van der Waals surface area (Å²) in [5, 5.41) is 2.88. The first-order valence-electron chi connectivity index (χ1n) is 8.84. The molecule has 0 bridgehead atoms. The standard InChI is InChI=1S/C18H22N2O4S/c21-16(19-15-6-7-15)13-4-3-5-14(10-13)17(22)20-11-18(8-1-2-9-18)12-25(20,23)24/h3-5,10,15H,1-2,6-9,11-12H2,(H,19,21). The lowest BCUT2D eigenvalue weighted by Gasteiger charge is -2.21. The minimum Gasteiger partial charge on any atom is -0.349 e. The van der Waals surface area contributed by atoms with Crippen LogP contribution in [0.4, 0.5) is 0 Å². The summed E-state index contributed by atoms with van der Waals surface area (Å²) in [6.45, 7) is 0.271. The summed E-state index contributed by atoms with van der Waals surface area (Å²) in [5.74, 6) is -0.674. The zero-order valence-corrected chi connectivity index (χ0v) is 14.8. The van der Waals surface area contributed by atoms with Crippen LogP contribution >= 0.6 is 0 Å². The van der Waals surface area contributed by atoms with Gasteiger partial charge in [-0.3, -0.25) is 9.59 Å². The SMILES string of the molecule is O=C(NC1CC1)c1cccc(C(=O)N2CC3(CCCC3)CS2(=O)=O)c1. The number of sulfonamides is 1. The van der Waals surface area contributed by atoms with Gasteiger partial charge in [0.15, 0.2) is 0 Å². The van der Waals surface area contributed by atoms with E-state index in [0.29, 0.717) is 5.56 Å². The lowest BCUT2D eigenvalue weighted by atomic mass is 9.88. The summed E-state index contributed by atoms with van der Waals surface area (Å²) < 4.78 is 26.1. The summed E-state index contributed by atoms with van der Waals surface area (Å²) in [6, 6.07) is 6.57. The molecule has 1 aromatic rings. The molecule has 25 heavy (non-hydrogen) atoms. The normalized spacial score (nSPS) is 23.8. The van der Waals surface area contributed by atoms with Gasteiger partial charge in [0.1, 0.15) is 0 Å². The van der Waals surface area contributed by atoms with Crippen molar-refractivity contribution in [3.63, 3.8) is 0 Å². The van der Waals surface area contributed by atoms with Gasteiger partial charge in [0, 0.05) is 29.1 Å². The van der Waals surface area contributed by atoms with Crippen LogP contribution in [0.2, 0.25) is 0 Å². The van der Waals surface area contributed by atoms with Gasteiger partial charge in [0.25, 0.3) is 11.8 Å². The van der Waals surface area contributed by atoms with E-state index in [9.17, 15) is 18.0 Å². The number of nitrogens with one attached hydrogen (secondary N) is 1. The van der Waals surface area contributed by atoms with Crippen molar-refractivity contribution in [1.82, 2.24) is 9.62 Å². The molecule has 4 rings (SSSR count). The fraction of sp³-hybridized carbons (Fsp3) is 0.556. The number of hydrogen-bond donors (Lipinski definition) is 1. The number of hydrogen-bond acceptors (Lipinski definition) is 4. The van der Waals surface area contributed by atoms with E-state index in [-0.39, 0.29) is 35.2 Å². The predicted octanol–water partition coefficient (Wildman–Crippen LogP) is 1.92. The van der Waals surface area contributed by atoms with Crippen molar-refractivity contribution in [2.45, 2.75) is 44.6 Å². The monoisotopic (exact) mass is 362 g/mol. The Hall–Kier alpha value is -1.89. The van der Waals surface area contributed by atoms with E-state index in [1.54, 1.807) is 18.2 Å². The Bertz CT molecular complexity index is 823. The second-order valence-corrected chi connectivity index (χ2v) is 9.50. The van der Waals surface area contributed by atoms with Crippen molar-refractivity contribution in [2.24, 2.45) is 5.41 Å². The third-order valence-corrected chi connectivity index (χ3v) is 7.42. The highest BCUT2D eigenvalue weighted by molar-refractivity contribution is 7.89. The molecule has 6 nitrogen and oxygen atoms in total. The third-order valence-electron chi connectivity index (χ3n) is 5.48. The molecule has 3 fully saturated rings. The Balaban J connectivity index is 1.57. The number of benzene rings is 1. The average Bonchev–Trinajstić information content (AvgIpc) is 3.21. The Labute approximate surface area is 147 Å². The Morgan fingerprint density at radius 3 is 2.48 bits per heavy atom. The highest BCUT2D eigenvalue weighted by atomic mass is 32.2. The van der Waals surface area contributed by atoms with Crippen molar-refractivity contribution in [1.29, 1.82) is 0 Å². The van der Waals surface area contributed by atoms with Gasteiger partial charge in [-0.25, -0.2) is 12.7 Å². The average molecular weight is 362 g/mol. The summed E-state index contributed by atoms with van der Waals surface area (Å²) >= 11 is 0. The van der Waals surface area contributed by atoms with E-state index < -0.39 is 15.9 Å². The van der Waals surface area contributed by atoms with Crippen molar-refractivity contribution < 1.29 is 18.0 Å². The van der Waals surface area contributed by atoms with Gasteiger partial charge in [0.2, 0.25) is 10.0 Å². The van der Waals surface area contributed by atoms with E-state index in [1.807, 2.05) is 0 Å². The van der Waals surface area contributed by atoms with Gasteiger partial charge >= 0.3 is 0 Å². The molecule has 1 aromatic carbocycles. The summed E-state index contributed by atoms with van der Waals surface area (Å²) in [7, 11) is -3.59. The van der Waals surface area contributed by atoms with Gasteiger partial charge in [-0.15, -0.1) is 0 Å². The predicted molar refractivity (Wildman–Crippen MR) is 92.7 cm³/mol. The molecule has 2 saturated carbocycles. The maximum absolute atomic E-state index is 12.8. The van der Waals surface area contributed by atoms with Gasteiger partial charge in [-0.2, -0.15) is 0 Å². The first kappa shape index (κ1) is 16.6. The van der Waals surface area contributed by atoms with Crippen LogP contribution in [0.15, 0.2) is 24.3 Å². The van der Waals surface area contributed by atoms with E-state index in [0.717, 1.165) is 42.8 Å². The summed E-state index contributed by atoms with van der Waals surface area (Å²) in [5.41, 5.74) is 0.377. The Morgan fingerprint density at radius 1 is 1.12 bits per heavy atom. The van der Waals surface area contributed by atoms with Crippen LogP contribution in [0, 0.1) is 5.41 Å². The van der Waals surface area contributed by atoms with Gasteiger partial charge in [0.05, 0.1) is 5.75 Å². The summed E-state index contributed by atoms with van der Waals surface area (Å²) in [4.78, 5) is 25.0. The number of carbonyl (C=O) groups is 2. The zero-order chi connectivity index (χ0) is 17.7. The molecule has 2 aliphatic carbocycles. The quantitative estimate of drug-likeness (QED) is 0.890. The highest BCUT2D eigenvalue weighted by Crippen LogP contribution is 2.45. The molecule has 7 heteroatoms. The smallest absolute Gasteiger partial charge is 0.267 e. The molecule has 1 heterocycles.